The number of benzene rings is 2. The van der Waals surface area contributed by atoms with Crippen molar-refractivity contribution < 1.29 is 14.3 Å². The summed E-state index contributed by atoms with van der Waals surface area (Å²) in [5.74, 6) is 0.602. The third-order valence-electron chi connectivity index (χ3n) is 4.50. The second-order valence-corrected chi connectivity index (χ2v) is 6.21. The predicted octanol–water partition coefficient (Wildman–Crippen LogP) is 3.44. The zero-order chi connectivity index (χ0) is 20.8. The number of anilines is 1. The molecule has 0 aliphatic carbocycles. The first-order chi connectivity index (χ1) is 14.2. The number of hydrogen-bond acceptors (Lipinski definition) is 4. The van der Waals surface area contributed by atoms with Gasteiger partial charge < -0.3 is 15.4 Å². The van der Waals surface area contributed by atoms with Gasteiger partial charge in [0, 0.05) is 35.5 Å². The highest BCUT2D eigenvalue weighted by atomic mass is 16.5. The largest absolute Gasteiger partial charge is 0.487 e. The molecule has 1 aliphatic rings. The Bertz CT molecular complexity index is 1030. The minimum absolute atomic E-state index is 0.130. The van der Waals surface area contributed by atoms with Crippen LogP contribution in [-0.2, 0) is 17.9 Å². The summed E-state index contributed by atoms with van der Waals surface area (Å²) in [6, 6.07) is 14.9. The van der Waals surface area contributed by atoms with Crippen LogP contribution in [0.2, 0.25) is 0 Å². The summed E-state index contributed by atoms with van der Waals surface area (Å²) in [7, 11) is 1.61. The molecule has 1 aliphatic heterocycles. The number of rotatable bonds is 4. The molecule has 2 aromatic carbocycles. The first-order valence-electron chi connectivity index (χ1n) is 9.53. The molecule has 0 fully saturated rings. The van der Waals surface area contributed by atoms with Crippen LogP contribution >= 0.6 is 0 Å². The third kappa shape index (κ3) is 4.29. The van der Waals surface area contributed by atoms with Gasteiger partial charge in [0.1, 0.15) is 12.4 Å². The van der Waals surface area contributed by atoms with Crippen molar-refractivity contribution >= 4 is 18.0 Å². The van der Waals surface area contributed by atoms with Crippen LogP contribution < -0.4 is 15.4 Å². The van der Waals surface area contributed by atoms with E-state index < -0.39 is 0 Å². The summed E-state index contributed by atoms with van der Waals surface area (Å²) in [6.45, 7) is 4.95. The van der Waals surface area contributed by atoms with E-state index in [0.29, 0.717) is 30.8 Å². The number of carbonyl (C=O) groups excluding carboxylic acids is 2. The van der Waals surface area contributed by atoms with E-state index in [4.69, 9.17) is 9.84 Å². The molecule has 0 bridgehead atoms. The van der Waals surface area contributed by atoms with E-state index in [1.165, 1.54) is 0 Å². The molecule has 0 radical (unpaired) electrons. The van der Waals surface area contributed by atoms with E-state index in [2.05, 4.69) is 10.6 Å². The van der Waals surface area contributed by atoms with Crippen LogP contribution in [-0.4, -0.2) is 29.1 Å². The minimum Gasteiger partial charge on any atom is -0.487 e. The number of ether oxygens (including phenoxy) is 1. The monoisotopic (exact) mass is 392 g/mol. The summed E-state index contributed by atoms with van der Waals surface area (Å²) >= 11 is 0. The zero-order valence-corrected chi connectivity index (χ0v) is 16.7. The molecular formula is C22H24N4O3. The minimum atomic E-state index is -0.130. The van der Waals surface area contributed by atoms with Gasteiger partial charge in [-0.25, -0.2) is 0 Å². The molecule has 7 heteroatoms. The van der Waals surface area contributed by atoms with E-state index in [1.54, 1.807) is 13.1 Å². The molecule has 3 aromatic rings. The maximum Gasteiger partial charge on any atom is 0.251 e. The third-order valence-corrected chi connectivity index (χ3v) is 4.50. The molecule has 0 atom stereocenters. The van der Waals surface area contributed by atoms with Crippen LogP contribution in [0.25, 0.3) is 11.3 Å². The van der Waals surface area contributed by atoms with Crippen LogP contribution in [0.3, 0.4) is 0 Å². The van der Waals surface area contributed by atoms with Gasteiger partial charge in [-0.15, -0.1) is 0 Å². The fraction of sp³-hybridized carbons (Fsp3) is 0.227. The highest BCUT2D eigenvalue weighted by Crippen LogP contribution is 2.30. The van der Waals surface area contributed by atoms with Crippen LogP contribution in [0.15, 0.2) is 48.5 Å². The fourth-order valence-corrected chi connectivity index (χ4v) is 3.10. The number of nitrogens with zero attached hydrogens (tertiary/aromatic N) is 2. The number of aromatic nitrogens is 2. The lowest BCUT2D eigenvalue weighted by Gasteiger charge is -2.08. The van der Waals surface area contributed by atoms with Crippen molar-refractivity contribution in [1.82, 2.24) is 15.1 Å². The zero-order valence-electron chi connectivity index (χ0n) is 16.7. The molecule has 29 heavy (non-hydrogen) atoms. The summed E-state index contributed by atoms with van der Waals surface area (Å²) in [6.07, 6.45) is 0.642. The second kappa shape index (κ2) is 9.05. The van der Waals surface area contributed by atoms with Gasteiger partial charge in [-0.05, 0) is 24.3 Å². The molecule has 0 saturated heterocycles. The topological polar surface area (TPSA) is 85.3 Å². The Morgan fingerprint density at radius 3 is 2.76 bits per heavy atom. The summed E-state index contributed by atoms with van der Waals surface area (Å²) in [5.41, 5.74) is 4.88. The van der Waals surface area contributed by atoms with Gasteiger partial charge in [0.05, 0.1) is 17.9 Å². The van der Waals surface area contributed by atoms with Crippen molar-refractivity contribution in [3.63, 3.8) is 0 Å². The average molecular weight is 392 g/mol. The standard InChI is InChI=1S/C20H18N4O3.C2H6/c1-21-20(26)14-4-2-3-13(7-14)18-9-17-11-27-19-8-16(22-12-25)6-5-15(19)10-24(17)23-18;1-2/h2-9,12H,10-11H2,1H3,(H,21,26)(H,22,25);1-2H3. The van der Waals surface area contributed by atoms with Crippen LogP contribution in [0, 0.1) is 0 Å². The quantitative estimate of drug-likeness (QED) is 0.666. The van der Waals surface area contributed by atoms with E-state index in [1.807, 2.05) is 61.0 Å². The molecule has 4 rings (SSSR count). The molecule has 0 saturated carbocycles. The van der Waals surface area contributed by atoms with Gasteiger partial charge in [-0.3, -0.25) is 14.3 Å². The highest BCUT2D eigenvalue weighted by Gasteiger charge is 2.18. The Hall–Kier alpha value is -3.61. The lowest BCUT2D eigenvalue weighted by Crippen LogP contribution is -2.17. The molecule has 0 spiro atoms. The van der Waals surface area contributed by atoms with E-state index in [9.17, 15) is 9.59 Å². The lowest BCUT2D eigenvalue weighted by atomic mass is 10.1. The second-order valence-electron chi connectivity index (χ2n) is 6.21. The molecule has 7 nitrogen and oxygen atoms in total. The van der Waals surface area contributed by atoms with Crippen molar-refractivity contribution in [2.45, 2.75) is 27.0 Å². The van der Waals surface area contributed by atoms with Gasteiger partial charge in [-0.2, -0.15) is 5.10 Å². The van der Waals surface area contributed by atoms with Crippen molar-refractivity contribution in [2.24, 2.45) is 0 Å². The van der Waals surface area contributed by atoms with Crippen molar-refractivity contribution in [3.05, 3.63) is 65.4 Å². The number of nitrogens with one attached hydrogen (secondary N) is 2. The molecule has 2 amide bonds. The number of hydrogen-bond donors (Lipinski definition) is 2. The average Bonchev–Trinajstić information content (AvgIpc) is 3.09. The molecule has 150 valence electrons. The highest BCUT2D eigenvalue weighted by molar-refractivity contribution is 5.95. The Labute approximate surface area is 169 Å². The van der Waals surface area contributed by atoms with Gasteiger partial charge >= 0.3 is 0 Å². The van der Waals surface area contributed by atoms with Gasteiger partial charge in [0.15, 0.2) is 0 Å². The van der Waals surface area contributed by atoms with Crippen molar-refractivity contribution in [3.8, 4) is 17.0 Å². The molecule has 1 aromatic heterocycles. The summed E-state index contributed by atoms with van der Waals surface area (Å²) in [4.78, 5) is 22.5. The van der Waals surface area contributed by atoms with Crippen molar-refractivity contribution in [2.75, 3.05) is 12.4 Å². The van der Waals surface area contributed by atoms with Crippen molar-refractivity contribution in [1.29, 1.82) is 0 Å². The van der Waals surface area contributed by atoms with Gasteiger partial charge in [0.2, 0.25) is 6.41 Å². The van der Waals surface area contributed by atoms with Crippen LogP contribution in [0.5, 0.6) is 5.75 Å². The van der Waals surface area contributed by atoms with Gasteiger partial charge in [-0.1, -0.05) is 32.0 Å². The van der Waals surface area contributed by atoms with Crippen LogP contribution in [0.1, 0.15) is 35.5 Å². The Balaban J connectivity index is 0.00000117. The van der Waals surface area contributed by atoms with E-state index >= 15 is 0 Å². The molecular weight excluding hydrogens is 368 g/mol. The molecule has 2 heterocycles. The van der Waals surface area contributed by atoms with E-state index in [-0.39, 0.29) is 5.91 Å². The van der Waals surface area contributed by atoms with E-state index in [0.717, 1.165) is 28.3 Å². The summed E-state index contributed by atoms with van der Waals surface area (Å²) < 4.78 is 7.81. The predicted molar refractivity (Wildman–Crippen MR) is 112 cm³/mol. The Morgan fingerprint density at radius 1 is 1.17 bits per heavy atom. The summed E-state index contributed by atoms with van der Waals surface area (Å²) in [5, 5.41) is 9.96. The normalized spacial score (nSPS) is 11.6. The fourth-order valence-electron chi connectivity index (χ4n) is 3.10. The molecule has 0 unspecified atom stereocenters. The lowest BCUT2D eigenvalue weighted by molar-refractivity contribution is -0.105. The first-order valence-corrected chi connectivity index (χ1v) is 9.53. The van der Waals surface area contributed by atoms with Gasteiger partial charge in [0.25, 0.3) is 5.91 Å². The number of carbonyl (C=O) groups is 2. The SMILES string of the molecule is CC.CNC(=O)c1cccc(-c2cc3n(n2)Cc2ccc(NC=O)cc2OC3)c1. The molecule has 2 N–H and O–H groups in total. The maximum absolute atomic E-state index is 11.9. The Kier molecular flexibility index (Phi) is 6.29. The number of amides is 2. The maximum atomic E-state index is 11.9. The van der Waals surface area contributed by atoms with Crippen LogP contribution in [0.4, 0.5) is 5.69 Å². The smallest absolute Gasteiger partial charge is 0.251 e. The first kappa shape index (κ1) is 20.1. The Morgan fingerprint density at radius 2 is 2.00 bits per heavy atom. The number of fused-ring (bicyclic) bond motifs is 2.